The molecule has 0 radical (unpaired) electrons. The molecule has 1 saturated heterocycles. The van der Waals surface area contributed by atoms with Crippen LogP contribution in [0.1, 0.15) is 24.6 Å². The van der Waals surface area contributed by atoms with E-state index in [0.717, 1.165) is 25.1 Å². The highest BCUT2D eigenvalue weighted by atomic mass is 16.3. The summed E-state index contributed by atoms with van der Waals surface area (Å²) in [5, 5.41) is 20.6. The maximum Gasteiger partial charge on any atom is 0.0997 e. The van der Waals surface area contributed by atoms with Gasteiger partial charge in [0.05, 0.1) is 17.8 Å². The molecular formula is C8H14N4O. The third kappa shape index (κ3) is 1.87. The Morgan fingerprint density at radius 2 is 2.54 bits per heavy atom. The third-order valence-electron chi connectivity index (χ3n) is 2.35. The number of hydrogen-bond acceptors (Lipinski definition) is 4. The van der Waals surface area contributed by atoms with Crippen LogP contribution in [0.4, 0.5) is 0 Å². The number of rotatable bonds is 1. The van der Waals surface area contributed by atoms with E-state index in [-0.39, 0.29) is 12.1 Å². The molecule has 2 N–H and O–H groups in total. The van der Waals surface area contributed by atoms with Gasteiger partial charge in [0.25, 0.3) is 0 Å². The summed E-state index contributed by atoms with van der Waals surface area (Å²) in [6.45, 7) is 0.850. The van der Waals surface area contributed by atoms with Crippen LogP contribution < -0.4 is 5.32 Å². The van der Waals surface area contributed by atoms with E-state index in [0.29, 0.717) is 0 Å². The van der Waals surface area contributed by atoms with E-state index in [1.165, 1.54) is 0 Å². The molecule has 2 rings (SSSR count). The van der Waals surface area contributed by atoms with Gasteiger partial charge in [-0.15, -0.1) is 5.10 Å². The Morgan fingerprint density at radius 1 is 1.69 bits per heavy atom. The second-order valence-corrected chi connectivity index (χ2v) is 3.50. The lowest BCUT2D eigenvalue weighted by atomic mass is 10.0. The van der Waals surface area contributed by atoms with Crippen LogP contribution in [-0.4, -0.2) is 32.7 Å². The average molecular weight is 182 g/mol. The minimum Gasteiger partial charge on any atom is -0.393 e. The molecule has 0 bridgehead atoms. The fraction of sp³-hybridized carbons (Fsp3) is 0.750. The Balaban J connectivity index is 2.08. The van der Waals surface area contributed by atoms with Gasteiger partial charge in [0, 0.05) is 13.2 Å². The lowest BCUT2D eigenvalue weighted by Crippen LogP contribution is -2.34. The first kappa shape index (κ1) is 8.65. The van der Waals surface area contributed by atoms with Crippen molar-refractivity contribution >= 4 is 0 Å². The van der Waals surface area contributed by atoms with E-state index < -0.39 is 0 Å². The summed E-state index contributed by atoms with van der Waals surface area (Å²) in [5.74, 6) is 0. The van der Waals surface area contributed by atoms with Crippen molar-refractivity contribution in [3.63, 3.8) is 0 Å². The highest BCUT2D eigenvalue weighted by Crippen LogP contribution is 2.20. The van der Waals surface area contributed by atoms with Crippen LogP contribution >= 0.6 is 0 Å². The number of aryl methyl sites for hydroxylation is 1. The molecule has 2 atom stereocenters. The number of aliphatic hydroxyl groups is 1. The van der Waals surface area contributed by atoms with Crippen molar-refractivity contribution in [3.05, 3.63) is 11.9 Å². The lowest BCUT2D eigenvalue weighted by Gasteiger charge is -2.25. The van der Waals surface area contributed by atoms with Gasteiger partial charge in [-0.25, -0.2) is 0 Å². The summed E-state index contributed by atoms with van der Waals surface area (Å²) in [5.41, 5.74) is 0.918. The Morgan fingerprint density at radius 3 is 3.15 bits per heavy atom. The number of hydrogen-bond donors (Lipinski definition) is 2. The number of nitrogens with zero attached hydrogens (tertiary/aromatic N) is 3. The van der Waals surface area contributed by atoms with Crippen LogP contribution in [0.5, 0.6) is 0 Å². The van der Waals surface area contributed by atoms with Gasteiger partial charge in [-0.05, 0) is 19.4 Å². The summed E-state index contributed by atoms with van der Waals surface area (Å²) in [4.78, 5) is 0. The first-order valence-electron chi connectivity index (χ1n) is 4.53. The summed E-state index contributed by atoms with van der Waals surface area (Å²) in [6.07, 6.45) is 3.25. The number of aliphatic hydroxyl groups excluding tert-OH is 1. The van der Waals surface area contributed by atoms with Crippen molar-refractivity contribution in [2.45, 2.75) is 25.0 Å². The molecule has 1 fully saturated rings. The number of piperidine rings is 1. The van der Waals surface area contributed by atoms with E-state index in [4.69, 9.17) is 0 Å². The van der Waals surface area contributed by atoms with Gasteiger partial charge >= 0.3 is 0 Å². The van der Waals surface area contributed by atoms with Crippen molar-refractivity contribution in [2.24, 2.45) is 7.05 Å². The topological polar surface area (TPSA) is 63.0 Å². The van der Waals surface area contributed by atoms with Crippen LogP contribution in [-0.2, 0) is 7.05 Å². The van der Waals surface area contributed by atoms with Crippen LogP contribution in [0.2, 0.25) is 0 Å². The number of aromatic nitrogens is 3. The SMILES string of the molecule is Cn1cc(C2CC(O)CCN2)nn1. The highest BCUT2D eigenvalue weighted by Gasteiger charge is 2.22. The molecule has 1 aromatic rings. The maximum absolute atomic E-state index is 9.45. The van der Waals surface area contributed by atoms with E-state index >= 15 is 0 Å². The molecule has 5 nitrogen and oxygen atoms in total. The first-order chi connectivity index (χ1) is 6.25. The maximum atomic E-state index is 9.45. The normalized spacial score (nSPS) is 29.1. The fourth-order valence-corrected chi connectivity index (χ4v) is 1.65. The van der Waals surface area contributed by atoms with Gasteiger partial charge in [0.2, 0.25) is 0 Å². The van der Waals surface area contributed by atoms with Crippen LogP contribution in [0.25, 0.3) is 0 Å². The zero-order chi connectivity index (χ0) is 9.26. The molecule has 2 unspecified atom stereocenters. The van der Waals surface area contributed by atoms with Gasteiger partial charge < -0.3 is 10.4 Å². The molecule has 1 aromatic heterocycles. The second kappa shape index (κ2) is 3.43. The standard InChI is InChI=1S/C8H14N4O/c1-12-5-8(10-11-12)7-4-6(13)2-3-9-7/h5-7,9,13H,2-4H2,1H3. The van der Waals surface area contributed by atoms with Crippen LogP contribution in [0.3, 0.4) is 0 Å². The van der Waals surface area contributed by atoms with E-state index in [1.54, 1.807) is 4.68 Å². The molecule has 72 valence electrons. The summed E-state index contributed by atoms with van der Waals surface area (Å²) in [7, 11) is 1.84. The predicted molar refractivity (Wildman–Crippen MR) is 47.0 cm³/mol. The molecule has 1 aliphatic rings. The van der Waals surface area contributed by atoms with Crippen molar-refractivity contribution in [3.8, 4) is 0 Å². The second-order valence-electron chi connectivity index (χ2n) is 3.50. The van der Waals surface area contributed by atoms with E-state index in [9.17, 15) is 5.11 Å². The summed E-state index contributed by atoms with van der Waals surface area (Å²) in [6, 6.07) is 0.164. The van der Waals surface area contributed by atoms with Gasteiger partial charge in [-0.1, -0.05) is 5.21 Å². The molecule has 1 aliphatic heterocycles. The highest BCUT2D eigenvalue weighted by molar-refractivity contribution is 5.02. The minimum absolute atomic E-state index is 0.164. The summed E-state index contributed by atoms with van der Waals surface area (Å²) < 4.78 is 1.68. The average Bonchev–Trinajstić information content (AvgIpc) is 2.52. The largest absolute Gasteiger partial charge is 0.393 e. The van der Waals surface area contributed by atoms with Crippen molar-refractivity contribution < 1.29 is 5.11 Å². The Kier molecular flexibility index (Phi) is 2.28. The smallest absolute Gasteiger partial charge is 0.0997 e. The molecular weight excluding hydrogens is 168 g/mol. The van der Waals surface area contributed by atoms with Crippen molar-refractivity contribution in [1.82, 2.24) is 20.3 Å². The molecule has 0 aliphatic carbocycles. The Hall–Kier alpha value is -0.940. The molecule has 0 amide bonds. The lowest BCUT2D eigenvalue weighted by molar-refractivity contribution is 0.116. The minimum atomic E-state index is -0.201. The van der Waals surface area contributed by atoms with Crippen molar-refractivity contribution in [2.75, 3.05) is 6.54 Å². The van der Waals surface area contributed by atoms with E-state index in [2.05, 4.69) is 15.6 Å². The zero-order valence-corrected chi connectivity index (χ0v) is 7.64. The van der Waals surface area contributed by atoms with Gasteiger partial charge in [0.1, 0.15) is 0 Å². The molecule has 0 aromatic carbocycles. The third-order valence-corrected chi connectivity index (χ3v) is 2.35. The van der Waals surface area contributed by atoms with Gasteiger partial charge in [0.15, 0.2) is 0 Å². The van der Waals surface area contributed by atoms with Crippen LogP contribution in [0, 0.1) is 0 Å². The summed E-state index contributed by atoms with van der Waals surface area (Å²) >= 11 is 0. The van der Waals surface area contributed by atoms with Gasteiger partial charge in [-0.2, -0.15) is 0 Å². The quantitative estimate of drug-likeness (QED) is 0.620. The van der Waals surface area contributed by atoms with Crippen LogP contribution in [0.15, 0.2) is 6.20 Å². The van der Waals surface area contributed by atoms with Crippen molar-refractivity contribution in [1.29, 1.82) is 0 Å². The zero-order valence-electron chi connectivity index (χ0n) is 7.64. The number of nitrogens with one attached hydrogen (secondary N) is 1. The molecule has 0 saturated carbocycles. The molecule has 13 heavy (non-hydrogen) atoms. The molecule has 2 heterocycles. The Bertz CT molecular complexity index is 285. The Labute approximate surface area is 76.8 Å². The predicted octanol–water partition coefficient (Wildman–Crippen LogP) is -0.400. The first-order valence-corrected chi connectivity index (χ1v) is 4.53. The van der Waals surface area contributed by atoms with E-state index in [1.807, 2.05) is 13.2 Å². The molecule has 5 heteroatoms. The fourth-order valence-electron chi connectivity index (χ4n) is 1.65. The van der Waals surface area contributed by atoms with Gasteiger partial charge in [-0.3, -0.25) is 4.68 Å². The monoisotopic (exact) mass is 182 g/mol. The molecule has 0 spiro atoms.